The molecule has 176 valence electrons. The predicted molar refractivity (Wildman–Crippen MR) is 139 cm³/mol. The van der Waals surface area contributed by atoms with Crippen LogP contribution in [0.5, 0.6) is 5.75 Å². The molecule has 0 aliphatic carbocycles. The Balaban J connectivity index is 1.38. The quantitative estimate of drug-likeness (QED) is 0.307. The Morgan fingerprint density at radius 1 is 1.14 bits per heavy atom. The topological polar surface area (TPSA) is 84.8 Å². The number of imidazole rings is 1. The van der Waals surface area contributed by atoms with Gasteiger partial charge in [-0.25, -0.2) is 4.98 Å². The number of pyridine rings is 2. The highest BCUT2D eigenvalue weighted by molar-refractivity contribution is 6.32. The zero-order valence-corrected chi connectivity index (χ0v) is 20.1. The van der Waals surface area contributed by atoms with Crippen molar-refractivity contribution < 1.29 is 4.74 Å². The van der Waals surface area contributed by atoms with Crippen LogP contribution in [0.1, 0.15) is 24.2 Å². The number of hydrogen-bond acceptors (Lipinski definition) is 5. The average Bonchev–Trinajstić information content (AvgIpc) is 3.29. The molecule has 0 radical (unpaired) electrons. The van der Waals surface area contributed by atoms with Gasteiger partial charge in [-0.15, -0.1) is 0 Å². The molecule has 0 bridgehead atoms. The Kier molecular flexibility index (Phi) is 6.25. The number of aryl methyl sites for hydroxylation is 1. The van der Waals surface area contributed by atoms with Crippen molar-refractivity contribution in [3.05, 3.63) is 106 Å². The van der Waals surface area contributed by atoms with Crippen molar-refractivity contribution in [1.82, 2.24) is 19.5 Å². The minimum absolute atomic E-state index is 0.168. The van der Waals surface area contributed by atoms with Crippen LogP contribution in [0, 0.1) is 0 Å². The van der Waals surface area contributed by atoms with E-state index < -0.39 is 0 Å². The van der Waals surface area contributed by atoms with Crippen LogP contribution < -0.4 is 15.6 Å². The third-order valence-corrected chi connectivity index (χ3v) is 6.15. The lowest BCUT2D eigenvalue weighted by Gasteiger charge is -2.17. The fourth-order valence-electron chi connectivity index (χ4n) is 4.02. The summed E-state index contributed by atoms with van der Waals surface area (Å²) in [5.41, 5.74) is 4.86. The lowest BCUT2D eigenvalue weighted by atomic mass is 10.1. The van der Waals surface area contributed by atoms with E-state index in [-0.39, 0.29) is 18.2 Å². The molecule has 0 amide bonds. The molecule has 0 saturated carbocycles. The highest BCUT2D eigenvalue weighted by Gasteiger charge is 2.14. The molecule has 35 heavy (non-hydrogen) atoms. The summed E-state index contributed by atoms with van der Waals surface area (Å²) < 4.78 is 7.81. The molecule has 1 atom stereocenters. The SMILES string of the molecule is C[C@H](Nc1cccc(-c2cncn2C)c1)c1cc2cc(Cl)c(OCc3ccccn3)cc2[nH]c1=O. The summed E-state index contributed by atoms with van der Waals surface area (Å²) in [6.45, 7) is 2.24. The van der Waals surface area contributed by atoms with Crippen molar-refractivity contribution in [2.75, 3.05) is 5.32 Å². The molecule has 2 aromatic carbocycles. The number of aromatic nitrogens is 4. The molecule has 2 N–H and O–H groups in total. The first-order valence-corrected chi connectivity index (χ1v) is 11.6. The van der Waals surface area contributed by atoms with Gasteiger partial charge in [0.2, 0.25) is 0 Å². The molecule has 0 spiro atoms. The van der Waals surface area contributed by atoms with Crippen LogP contribution >= 0.6 is 11.6 Å². The summed E-state index contributed by atoms with van der Waals surface area (Å²) in [6.07, 6.45) is 5.31. The third-order valence-electron chi connectivity index (χ3n) is 5.85. The van der Waals surface area contributed by atoms with Gasteiger partial charge in [-0.3, -0.25) is 9.78 Å². The Morgan fingerprint density at radius 2 is 2.03 bits per heavy atom. The summed E-state index contributed by atoms with van der Waals surface area (Å²) in [5, 5.41) is 4.73. The van der Waals surface area contributed by atoms with E-state index in [1.165, 1.54) is 0 Å². The minimum atomic E-state index is -0.233. The molecule has 0 fully saturated rings. The van der Waals surface area contributed by atoms with Crippen molar-refractivity contribution in [1.29, 1.82) is 0 Å². The number of halogens is 1. The van der Waals surface area contributed by atoms with E-state index in [9.17, 15) is 4.79 Å². The van der Waals surface area contributed by atoms with E-state index >= 15 is 0 Å². The van der Waals surface area contributed by atoms with E-state index in [1.807, 2.05) is 73.3 Å². The van der Waals surface area contributed by atoms with Crippen molar-refractivity contribution in [2.24, 2.45) is 7.05 Å². The average molecular weight is 486 g/mol. The van der Waals surface area contributed by atoms with Gasteiger partial charge < -0.3 is 19.6 Å². The summed E-state index contributed by atoms with van der Waals surface area (Å²) in [7, 11) is 1.96. The number of anilines is 1. The third kappa shape index (κ3) is 4.90. The van der Waals surface area contributed by atoms with Gasteiger partial charge in [-0.05, 0) is 43.3 Å². The number of nitrogens with zero attached hydrogens (tertiary/aromatic N) is 3. The first kappa shape index (κ1) is 22.7. The summed E-state index contributed by atoms with van der Waals surface area (Å²) in [4.78, 5) is 24.4. The Hall–Kier alpha value is -4.10. The molecule has 3 heterocycles. The number of aromatic amines is 1. The number of nitrogens with one attached hydrogen (secondary N) is 2. The van der Waals surface area contributed by atoms with Crippen molar-refractivity contribution in [2.45, 2.75) is 19.6 Å². The predicted octanol–water partition coefficient (Wildman–Crippen LogP) is 5.73. The maximum Gasteiger partial charge on any atom is 0.253 e. The molecule has 3 aromatic heterocycles. The van der Waals surface area contributed by atoms with Crippen LogP contribution in [0.3, 0.4) is 0 Å². The largest absolute Gasteiger partial charge is 0.486 e. The smallest absolute Gasteiger partial charge is 0.253 e. The van der Waals surface area contributed by atoms with Gasteiger partial charge in [-0.2, -0.15) is 0 Å². The van der Waals surface area contributed by atoms with E-state index in [0.717, 1.165) is 28.0 Å². The summed E-state index contributed by atoms with van der Waals surface area (Å²) >= 11 is 6.49. The van der Waals surface area contributed by atoms with Crippen LogP contribution in [-0.4, -0.2) is 19.5 Å². The lowest BCUT2D eigenvalue weighted by molar-refractivity contribution is 0.302. The van der Waals surface area contributed by atoms with Crippen LogP contribution in [-0.2, 0) is 13.7 Å². The van der Waals surface area contributed by atoms with Gasteiger partial charge >= 0.3 is 0 Å². The maximum atomic E-state index is 12.9. The van der Waals surface area contributed by atoms with Gasteiger partial charge in [-0.1, -0.05) is 29.8 Å². The molecular weight excluding hydrogens is 462 g/mol. The van der Waals surface area contributed by atoms with Crippen molar-refractivity contribution in [3.63, 3.8) is 0 Å². The fraction of sp³-hybridized carbons (Fsp3) is 0.148. The standard InChI is InChI=1S/C27H24ClN5O2/c1-17(31-20-8-5-6-18(10-20)25-14-29-16-33(25)2)22-11-19-12-23(28)26(13-24(19)32-27(22)34)35-15-21-7-3-4-9-30-21/h3-14,16-17,31H,15H2,1-2H3,(H,32,34)/t17-/m0/s1. The number of fused-ring (bicyclic) bond motifs is 1. The molecule has 0 aliphatic heterocycles. The Bertz CT molecular complexity index is 1540. The Morgan fingerprint density at radius 3 is 2.80 bits per heavy atom. The molecule has 8 heteroatoms. The minimum Gasteiger partial charge on any atom is -0.486 e. The zero-order valence-electron chi connectivity index (χ0n) is 19.3. The van der Waals surface area contributed by atoms with E-state index in [2.05, 4.69) is 20.3 Å². The van der Waals surface area contributed by atoms with Crippen LogP contribution in [0.2, 0.25) is 5.02 Å². The van der Waals surface area contributed by atoms with Crippen LogP contribution in [0.15, 0.2) is 84.2 Å². The highest BCUT2D eigenvalue weighted by Crippen LogP contribution is 2.31. The monoisotopic (exact) mass is 485 g/mol. The Labute approximate surface area is 207 Å². The number of hydrogen-bond donors (Lipinski definition) is 2. The lowest BCUT2D eigenvalue weighted by Crippen LogP contribution is -2.19. The van der Waals surface area contributed by atoms with Gasteiger partial charge in [0.25, 0.3) is 5.56 Å². The normalized spacial score (nSPS) is 12.0. The summed E-state index contributed by atoms with van der Waals surface area (Å²) in [5.74, 6) is 0.492. The summed E-state index contributed by atoms with van der Waals surface area (Å²) in [6, 6.07) is 18.9. The number of ether oxygens (including phenoxy) is 1. The van der Waals surface area contributed by atoms with Crippen molar-refractivity contribution in [3.8, 4) is 17.0 Å². The molecule has 0 aliphatic rings. The van der Waals surface area contributed by atoms with Crippen molar-refractivity contribution >= 4 is 28.2 Å². The number of rotatable bonds is 7. The fourth-order valence-corrected chi connectivity index (χ4v) is 4.25. The molecule has 0 saturated heterocycles. The van der Waals surface area contributed by atoms with E-state index in [0.29, 0.717) is 21.9 Å². The van der Waals surface area contributed by atoms with Gasteiger partial charge in [0.1, 0.15) is 12.4 Å². The second kappa shape index (κ2) is 9.64. The van der Waals surface area contributed by atoms with Crippen LogP contribution in [0.4, 0.5) is 5.69 Å². The first-order valence-electron chi connectivity index (χ1n) is 11.2. The first-order chi connectivity index (χ1) is 17.0. The number of H-pyrrole nitrogens is 1. The molecule has 5 rings (SSSR count). The molecule has 7 nitrogen and oxygen atoms in total. The molecule has 5 aromatic rings. The van der Waals surface area contributed by atoms with Gasteiger partial charge in [0, 0.05) is 41.5 Å². The van der Waals surface area contributed by atoms with E-state index in [1.54, 1.807) is 24.7 Å². The van der Waals surface area contributed by atoms with Gasteiger partial charge in [0.15, 0.2) is 0 Å². The molecule has 0 unspecified atom stereocenters. The second-order valence-corrected chi connectivity index (χ2v) is 8.78. The zero-order chi connectivity index (χ0) is 24.4. The highest BCUT2D eigenvalue weighted by atomic mass is 35.5. The maximum absolute atomic E-state index is 12.9. The van der Waals surface area contributed by atoms with Gasteiger partial charge in [0.05, 0.1) is 40.5 Å². The second-order valence-electron chi connectivity index (χ2n) is 8.37. The number of benzene rings is 2. The van der Waals surface area contributed by atoms with Crippen LogP contribution in [0.25, 0.3) is 22.2 Å². The molecular formula is C27H24ClN5O2. The van der Waals surface area contributed by atoms with E-state index in [4.69, 9.17) is 16.3 Å².